The maximum atomic E-state index is 12.3. The molecule has 0 aliphatic carbocycles. The first kappa shape index (κ1) is 17.3. The average Bonchev–Trinajstić information content (AvgIpc) is 2.40. The van der Waals surface area contributed by atoms with Crippen molar-refractivity contribution in [3.05, 3.63) is 24.3 Å². The number of amides is 2. The number of urea groups is 1. The van der Waals surface area contributed by atoms with Crippen LogP contribution in [0.3, 0.4) is 0 Å². The van der Waals surface area contributed by atoms with Gasteiger partial charge in [-0.25, -0.2) is 4.79 Å². The van der Waals surface area contributed by atoms with Crippen molar-refractivity contribution in [1.82, 2.24) is 4.90 Å². The quantitative estimate of drug-likeness (QED) is 0.751. The van der Waals surface area contributed by atoms with Gasteiger partial charge in [0.05, 0.1) is 6.61 Å². The summed E-state index contributed by atoms with van der Waals surface area (Å²) in [5, 5.41) is 2.93. The fourth-order valence-corrected chi connectivity index (χ4v) is 2.22. The molecule has 0 spiro atoms. The fourth-order valence-electron chi connectivity index (χ4n) is 2.22. The van der Waals surface area contributed by atoms with Crippen LogP contribution >= 0.6 is 0 Å². The van der Waals surface area contributed by atoms with E-state index in [1.165, 1.54) is 0 Å². The number of rotatable bonds is 7. The van der Waals surface area contributed by atoms with Crippen molar-refractivity contribution in [3.8, 4) is 5.75 Å². The van der Waals surface area contributed by atoms with Crippen LogP contribution in [0.2, 0.25) is 0 Å². The van der Waals surface area contributed by atoms with Gasteiger partial charge in [-0.3, -0.25) is 0 Å². The third-order valence-electron chi connectivity index (χ3n) is 3.22. The molecule has 0 saturated carbocycles. The van der Waals surface area contributed by atoms with Gasteiger partial charge in [-0.2, -0.15) is 0 Å². The van der Waals surface area contributed by atoms with Crippen LogP contribution in [-0.4, -0.2) is 29.6 Å². The minimum atomic E-state index is -0.0698. The van der Waals surface area contributed by atoms with E-state index in [2.05, 4.69) is 12.2 Å². The molecule has 0 saturated heterocycles. The van der Waals surface area contributed by atoms with Crippen molar-refractivity contribution < 1.29 is 9.53 Å². The second-order valence-corrected chi connectivity index (χ2v) is 5.75. The van der Waals surface area contributed by atoms with E-state index in [4.69, 9.17) is 4.74 Å². The van der Waals surface area contributed by atoms with Crippen LogP contribution in [-0.2, 0) is 0 Å². The molecular formula is C17H28N2O2. The van der Waals surface area contributed by atoms with Crippen molar-refractivity contribution in [2.24, 2.45) is 0 Å². The lowest BCUT2D eigenvalue weighted by Crippen LogP contribution is -2.44. The van der Waals surface area contributed by atoms with Gasteiger partial charge < -0.3 is 15.0 Å². The number of unbranched alkanes of at least 4 members (excludes halogenated alkanes) is 1. The molecule has 1 N–H and O–H groups in total. The Morgan fingerprint density at radius 1 is 1.14 bits per heavy atom. The second kappa shape index (κ2) is 8.55. The molecule has 4 heteroatoms. The normalized spacial score (nSPS) is 10.8. The van der Waals surface area contributed by atoms with E-state index in [0.29, 0.717) is 0 Å². The predicted octanol–water partition coefficient (Wildman–Crippen LogP) is 4.52. The van der Waals surface area contributed by atoms with E-state index >= 15 is 0 Å². The van der Waals surface area contributed by atoms with Gasteiger partial charge in [-0.1, -0.05) is 13.3 Å². The highest BCUT2D eigenvalue weighted by Crippen LogP contribution is 2.17. The van der Waals surface area contributed by atoms with E-state index in [1.54, 1.807) is 0 Å². The Labute approximate surface area is 128 Å². The van der Waals surface area contributed by atoms with E-state index in [9.17, 15) is 4.79 Å². The van der Waals surface area contributed by atoms with Crippen LogP contribution in [0, 0.1) is 0 Å². The van der Waals surface area contributed by atoms with E-state index in [-0.39, 0.29) is 18.1 Å². The number of carbonyl (C=O) groups excluding carboxylic acids is 1. The first-order valence-electron chi connectivity index (χ1n) is 7.77. The summed E-state index contributed by atoms with van der Waals surface area (Å²) in [6.45, 7) is 10.9. The summed E-state index contributed by atoms with van der Waals surface area (Å²) < 4.78 is 5.61. The number of hydrogen-bond donors (Lipinski definition) is 1. The third-order valence-corrected chi connectivity index (χ3v) is 3.22. The summed E-state index contributed by atoms with van der Waals surface area (Å²) >= 11 is 0. The number of nitrogens with zero attached hydrogens (tertiary/aromatic N) is 1. The Balaban J connectivity index is 2.60. The highest BCUT2D eigenvalue weighted by atomic mass is 16.5. The summed E-state index contributed by atoms with van der Waals surface area (Å²) in [5.41, 5.74) is 0.786. The highest BCUT2D eigenvalue weighted by Gasteiger charge is 2.19. The van der Waals surface area contributed by atoms with Gasteiger partial charge in [0, 0.05) is 17.8 Å². The standard InChI is InChI=1S/C17H28N2O2/c1-6-7-12-21-16-10-8-15(9-11-16)18-17(20)19(13(2)3)14(4)5/h8-11,13-14H,6-7,12H2,1-5H3,(H,18,20). The zero-order chi connectivity index (χ0) is 15.8. The van der Waals surface area contributed by atoms with Gasteiger partial charge >= 0.3 is 6.03 Å². The van der Waals surface area contributed by atoms with E-state index in [1.807, 2.05) is 56.9 Å². The Kier molecular flexibility index (Phi) is 7.06. The molecule has 0 radical (unpaired) electrons. The highest BCUT2D eigenvalue weighted by molar-refractivity contribution is 5.89. The average molecular weight is 292 g/mol. The lowest BCUT2D eigenvalue weighted by atomic mass is 10.2. The molecule has 0 heterocycles. The van der Waals surface area contributed by atoms with Gasteiger partial charge in [0.2, 0.25) is 0 Å². The molecule has 0 atom stereocenters. The molecular weight excluding hydrogens is 264 g/mol. The monoisotopic (exact) mass is 292 g/mol. The van der Waals surface area contributed by atoms with Gasteiger partial charge in [-0.05, 0) is 58.4 Å². The molecule has 4 nitrogen and oxygen atoms in total. The number of hydrogen-bond acceptors (Lipinski definition) is 2. The molecule has 1 aromatic carbocycles. The zero-order valence-corrected chi connectivity index (χ0v) is 13.8. The first-order valence-corrected chi connectivity index (χ1v) is 7.77. The van der Waals surface area contributed by atoms with E-state index in [0.717, 1.165) is 30.9 Å². The van der Waals surface area contributed by atoms with Crippen molar-refractivity contribution >= 4 is 11.7 Å². The van der Waals surface area contributed by atoms with Crippen molar-refractivity contribution in [1.29, 1.82) is 0 Å². The van der Waals surface area contributed by atoms with Crippen LogP contribution in [0.15, 0.2) is 24.3 Å². The Hall–Kier alpha value is -1.71. The summed E-state index contributed by atoms with van der Waals surface area (Å²) in [6.07, 6.45) is 2.17. The van der Waals surface area contributed by atoms with Crippen molar-refractivity contribution in [2.45, 2.75) is 59.5 Å². The second-order valence-electron chi connectivity index (χ2n) is 5.75. The van der Waals surface area contributed by atoms with Crippen LogP contribution in [0.1, 0.15) is 47.5 Å². The summed E-state index contributed by atoms with van der Waals surface area (Å²) in [6, 6.07) is 7.79. The van der Waals surface area contributed by atoms with Crippen molar-refractivity contribution in [3.63, 3.8) is 0 Å². The maximum absolute atomic E-state index is 12.3. The van der Waals surface area contributed by atoms with Gasteiger partial charge in [-0.15, -0.1) is 0 Å². The topological polar surface area (TPSA) is 41.6 Å². The van der Waals surface area contributed by atoms with Crippen LogP contribution < -0.4 is 10.1 Å². The largest absolute Gasteiger partial charge is 0.494 e. The number of benzene rings is 1. The Morgan fingerprint density at radius 2 is 1.71 bits per heavy atom. The molecule has 0 bridgehead atoms. The van der Waals surface area contributed by atoms with Crippen LogP contribution in [0.5, 0.6) is 5.75 Å². The molecule has 0 aliphatic rings. The molecule has 0 unspecified atom stereocenters. The number of anilines is 1. The Morgan fingerprint density at radius 3 is 2.19 bits per heavy atom. The van der Waals surface area contributed by atoms with Crippen LogP contribution in [0.4, 0.5) is 10.5 Å². The summed E-state index contributed by atoms with van der Waals surface area (Å²) in [5.74, 6) is 0.839. The number of carbonyl (C=O) groups is 1. The molecule has 1 aromatic rings. The van der Waals surface area contributed by atoms with Gasteiger partial charge in [0.15, 0.2) is 0 Å². The zero-order valence-electron chi connectivity index (χ0n) is 13.8. The van der Waals surface area contributed by atoms with Gasteiger partial charge in [0.1, 0.15) is 5.75 Å². The Bertz CT molecular complexity index is 419. The smallest absolute Gasteiger partial charge is 0.322 e. The third kappa shape index (κ3) is 5.66. The first-order chi connectivity index (χ1) is 9.95. The minimum Gasteiger partial charge on any atom is -0.494 e. The minimum absolute atomic E-state index is 0.0698. The van der Waals surface area contributed by atoms with Crippen molar-refractivity contribution in [2.75, 3.05) is 11.9 Å². The lowest BCUT2D eigenvalue weighted by Gasteiger charge is -2.30. The van der Waals surface area contributed by atoms with Crippen LogP contribution in [0.25, 0.3) is 0 Å². The lowest BCUT2D eigenvalue weighted by molar-refractivity contribution is 0.178. The molecule has 0 aromatic heterocycles. The fraction of sp³-hybridized carbons (Fsp3) is 0.588. The predicted molar refractivity (Wildman–Crippen MR) is 88.0 cm³/mol. The molecule has 118 valence electrons. The molecule has 2 amide bonds. The van der Waals surface area contributed by atoms with Gasteiger partial charge in [0.25, 0.3) is 0 Å². The number of ether oxygens (including phenoxy) is 1. The summed E-state index contributed by atoms with van der Waals surface area (Å²) in [4.78, 5) is 14.1. The summed E-state index contributed by atoms with van der Waals surface area (Å²) in [7, 11) is 0. The molecule has 21 heavy (non-hydrogen) atoms. The van der Waals surface area contributed by atoms with E-state index < -0.39 is 0 Å². The maximum Gasteiger partial charge on any atom is 0.322 e. The SMILES string of the molecule is CCCCOc1ccc(NC(=O)N(C(C)C)C(C)C)cc1. The molecule has 1 rings (SSSR count). The number of nitrogens with one attached hydrogen (secondary N) is 1. The molecule has 0 aliphatic heterocycles. The molecule has 0 fully saturated rings.